The molecule has 0 saturated carbocycles. The predicted molar refractivity (Wildman–Crippen MR) is 233 cm³/mol. The van der Waals surface area contributed by atoms with Crippen LogP contribution in [0.3, 0.4) is 0 Å². The van der Waals surface area contributed by atoms with Gasteiger partial charge in [-0.2, -0.15) is 0 Å². The van der Waals surface area contributed by atoms with Crippen molar-refractivity contribution in [2.45, 2.75) is 0 Å². The van der Waals surface area contributed by atoms with Gasteiger partial charge in [0, 0.05) is 100 Å². The molecule has 10 rings (SSSR count). The molecule has 8 aromatic rings. The Kier molecular flexibility index (Phi) is 10.4. The Labute approximate surface area is 354 Å². The van der Waals surface area contributed by atoms with E-state index in [1.165, 1.54) is 5.01 Å². The Morgan fingerprint density at radius 2 is 1.16 bits per heavy atom. The number of hydrazine groups is 1. The highest BCUT2D eigenvalue weighted by Crippen LogP contribution is 2.37. The number of nitrogens with two attached hydrogens (primary N) is 1. The van der Waals surface area contributed by atoms with Crippen LogP contribution >= 0.6 is 0 Å². The number of pyridine rings is 4. The van der Waals surface area contributed by atoms with Gasteiger partial charge < -0.3 is 29.9 Å². The summed E-state index contributed by atoms with van der Waals surface area (Å²) in [6.45, 7) is 6.44. The molecule has 2 aliphatic rings. The number of methoxy groups -OCH3 is 2. The summed E-state index contributed by atoms with van der Waals surface area (Å²) in [5.74, 6) is 11.4. The molecule has 310 valence electrons. The molecule has 0 unspecified atom stereocenters. The highest BCUT2D eigenvalue weighted by Gasteiger charge is 2.24. The van der Waals surface area contributed by atoms with E-state index in [1.807, 2.05) is 18.2 Å². The van der Waals surface area contributed by atoms with Gasteiger partial charge in [0.25, 0.3) is 0 Å². The predicted octanol–water partition coefficient (Wildman–Crippen LogP) is 3.25. The van der Waals surface area contributed by atoms with E-state index >= 15 is 0 Å². The van der Waals surface area contributed by atoms with Crippen LogP contribution in [0.1, 0.15) is 0 Å². The largest absolute Gasteiger partial charge is 0.494 e. The highest BCUT2D eigenvalue weighted by atomic mass is 16.5. The molecular weight excluding hydrogens is 789 g/mol. The number of aromatic nitrogens is 12. The molecular formula is C42H40N18O2. The first-order valence-electron chi connectivity index (χ1n) is 20.0. The normalized spacial score (nSPS) is 14.3. The van der Waals surface area contributed by atoms with Gasteiger partial charge in [-0.3, -0.25) is 15.0 Å². The van der Waals surface area contributed by atoms with Crippen molar-refractivity contribution in [3.05, 3.63) is 86.1 Å². The van der Waals surface area contributed by atoms with E-state index < -0.39 is 0 Å². The van der Waals surface area contributed by atoms with Crippen molar-refractivity contribution in [3.8, 4) is 57.1 Å². The van der Waals surface area contributed by atoms with Gasteiger partial charge in [-0.15, -0.1) is 0 Å². The molecule has 0 aromatic carbocycles. The van der Waals surface area contributed by atoms with Crippen molar-refractivity contribution >= 4 is 45.2 Å². The van der Waals surface area contributed by atoms with Crippen molar-refractivity contribution in [3.63, 3.8) is 0 Å². The van der Waals surface area contributed by atoms with Crippen LogP contribution in [-0.4, -0.2) is 126 Å². The average molecular weight is 829 g/mol. The van der Waals surface area contributed by atoms with Crippen molar-refractivity contribution < 1.29 is 9.47 Å². The number of piperazine rings is 2. The van der Waals surface area contributed by atoms with Crippen LogP contribution in [0.2, 0.25) is 0 Å². The van der Waals surface area contributed by atoms with Crippen LogP contribution in [0.4, 0.5) is 23.4 Å². The lowest BCUT2D eigenvalue weighted by atomic mass is 10.1. The molecule has 2 aliphatic heterocycles. The third-order valence-electron chi connectivity index (χ3n) is 10.7. The minimum atomic E-state index is 0.145. The number of nitrogens with zero attached hydrogens (tertiary/aromatic N) is 15. The molecule has 62 heavy (non-hydrogen) atoms. The van der Waals surface area contributed by atoms with Crippen LogP contribution in [0.5, 0.6) is 11.5 Å². The fourth-order valence-electron chi connectivity index (χ4n) is 7.63. The van der Waals surface area contributed by atoms with E-state index in [2.05, 4.69) is 45.4 Å². The molecule has 10 heterocycles. The molecule has 0 spiro atoms. The number of fused-ring (bicyclic) bond motifs is 2. The van der Waals surface area contributed by atoms with Crippen LogP contribution in [0, 0.1) is 0 Å². The van der Waals surface area contributed by atoms with Gasteiger partial charge in [0.05, 0.1) is 66.5 Å². The van der Waals surface area contributed by atoms with Gasteiger partial charge in [0.1, 0.15) is 28.8 Å². The first kappa shape index (κ1) is 38.5. The molecule has 0 amide bonds. The second-order valence-corrected chi connectivity index (χ2v) is 14.4. The molecule has 0 bridgehead atoms. The smallest absolute Gasteiger partial charge is 0.246 e. The lowest BCUT2D eigenvalue weighted by Crippen LogP contribution is -2.44. The maximum atomic E-state index is 6.78. The van der Waals surface area contributed by atoms with Gasteiger partial charge in [-0.25, -0.2) is 55.7 Å². The van der Waals surface area contributed by atoms with Gasteiger partial charge >= 0.3 is 0 Å². The molecule has 20 nitrogen and oxygen atoms in total. The summed E-state index contributed by atoms with van der Waals surface area (Å²) in [7, 11) is 3.25. The van der Waals surface area contributed by atoms with Crippen molar-refractivity contribution in [2.24, 2.45) is 5.84 Å². The summed E-state index contributed by atoms with van der Waals surface area (Å²) in [5, 5.41) is 9.73. The zero-order chi connectivity index (χ0) is 42.0. The molecule has 2 saturated heterocycles. The Bertz CT molecular complexity index is 2910. The summed E-state index contributed by atoms with van der Waals surface area (Å²) < 4.78 is 11.4. The molecule has 20 heteroatoms. The van der Waals surface area contributed by atoms with Gasteiger partial charge in [0.2, 0.25) is 5.95 Å². The lowest BCUT2D eigenvalue weighted by Gasteiger charge is -2.29. The number of hydrogen-bond donors (Lipinski definition) is 3. The fourth-order valence-corrected chi connectivity index (χ4v) is 7.63. The summed E-state index contributed by atoms with van der Waals surface area (Å²) in [4.78, 5) is 61.3. The van der Waals surface area contributed by atoms with Gasteiger partial charge in [-0.05, 0) is 30.3 Å². The van der Waals surface area contributed by atoms with Crippen molar-refractivity contribution in [1.29, 1.82) is 0 Å². The minimum absolute atomic E-state index is 0.145. The van der Waals surface area contributed by atoms with E-state index in [4.69, 9.17) is 50.2 Å². The summed E-state index contributed by atoms with van der Waals surface area (Å²) in [6.07, 6.45) is 15.1. The number of nitrogens with one attached hydrogen (secondary N) is 2. The Morgan fingerprint density at radius 3 is 1.74 bits per heavy atom. The van der Waals surface area contributed by atoms with E-state index in [0.29, 0.717) is 68.3 Å². The molecule has 0 radical (unpaired) electrons. The highest BCUT2D eigenvalue weighted by molar-refractivity contribution is 5.97. The summed E-state index contributed by atoms with van der Waals surface area (Å²) in [6, 6.07) is 9.13. The standard InChI is InChI=1S/C42H40N18O2/c1-61-31-23-46-21-29-34(31)40(58-14-10-44-11-15-58)56-37(53-29)25-4-8-48-28(18-25)27-20-52-42(55-36(27)39-50-6-3-7-51-39)60(43)33-19-26(5-9-49-33)38-54-30-22-47-24-32(62-2)35(30)41(57-38)59-16-12-45-13-17-59/h3-9,18-24,44-45H,10-17,43H2,1-2H3. The average Bonchev–Trinajstić information content (AvgIpc) is 3.35. The molecule has 2 fully saturated rings. The number of anilines is 4. The van der Waals surface area contributed by atoms with Crippen LogP contribution < -0.4 is 40.8 Å². The molecule has 0 aliphatic carbocycles. The minimum Gasteiger partial charge on any atom is -0.494 e. The number of ether oxygens (including phenoxy) is 2. The van der Waals surface area contributed by atoms with Crippen molar-refractivity contribution in [1.82, 2.24) is 70.4 Å². The maximum Gasteiger partial charge on any atom is 0.246 e. The fraction of sp³-hybridized carbons (Fsp3) is 0.238. The Hall–Kier alpha value is -7.68. The zero-order valence-electron chi connectivity index (χ0n) is 33.8. The molecule has 8 aromatic heterocycles. The maximum absolute atomic E-state index is 6.78. The van der Waals surface area contributed by atoms with Gasteiger partial charge in [0.15, 0.2) is 23.3 Å². The van der Waals surface area contributed by atoms with E-state index in [1.54, 1.807) is 82.1 Å². The number of rotatable bonds is 10. The second-order valence-electron chi connectivity index (χ2n) is 14.4. The van der Waals surface area contributed by atoms with Crippen LogP contribution in [0.25, 0.3) is 67.4 Å². The van der Waals surface area contributed by atoms with E-state index in [9.17, 15) is 0 Å². The summed E-state index contributed by atoms with van der Waals surface area (Å²) >= 11 is 0. The SMILES string of the molecule is COc1cncc2nc(-c3ccnc(-c4cnc(N(N)c5cc(-c6nc(N7CCNCC7)c7c(OC)cncc7n6)ccn5)nc4-c4ncccn4)c3)nc(N3CCNCC3)c12. The molecule has 0 atom stereocenters. The third-order valence-corrected chi connectivity index (χ3v) is 10.7. The summed E-state index contributed by atoms with van der Waals surface area (Å²) in [5.41, 5.74) is 4.25. The first-order chi connectivity index (χ1) is 30.6. The zero-order valence-corrected chi connectivity index (χ0v) is 33.8. The monoisotopic (exact) mass is 828 g/mol. The first-order valence-corrected chi connectivity index (χ1v) is 20.0. The van der Waals surface area contributed by atoms with Crippen molar-refractivity contribution in [2.75, 3.05) is 81.4 Å². The lowest BCUT2D eigenvalue weighted by molar-refractivity contribution is 0.417. The van der Waals surface area contributed by atoms with Crippen LogP contribution in [-0.2, 0) is 0 Å². The van der Waals surface area contributed by atoms with Gasteiger partial charge in [-0.1, -0.05) is 0 Å². The second kappa shape index (κ2) is 16.8. The van der Waals surface area contributed by atoms with Crippen LogP contribution in [0.15, 0.2) is 86.1 Å². The Morgan fingerprint density at radius 1 is 0.597 bits per heavy atom. The quantitative estimate of drug-likeness (QED) is 0.133. The number of hydrogen-bond acceptors (Lipinski definition) is 20. The molecule has 4 N–H and O–H groups in total. The van der Waals surface area contributed by atoms with E-state index in [-0.39, 0.29) is 5.95 Å². The third kappa shape index (κ3) is 7.31. The van der Waals surface area contributed by atoms with E-state index in [0.717, 1.165) is 80.3 Å². The topological polar surface area (TPSA) is 233 Å². The Balaban J connectivity index is 1.02.